The molecule has 0 aliphatic rings. The summed E-state index contributed by atoms with van der Waals surface area (Å²) in [6.45, 7) is 0. The summed E-state index contributed by atoms with van der Waals surface area (Å²) in [6.07, 6.45) is 0. The van der Waals surface area contributed by atoms with E-state index in [-0.39, 0.29) is 26.8 Å². The van der Waals surface area contributed by atoms with Gasteiger partial charge in [-0.15, -0.1) is 0 Å². The Morgan fingerprint density at radius 3 is 1.82 bits per heavy atom. The van der Waals surface area contributed by atoms with Gasteiger partial charge in [0.1, 0.15) is 0 Å². The van der Waals surface area contributed by atoms with E-state index in [2.05, 4.69) is 0 Å². The zero-order chi connectivity index (χ0) is 7.61. The van der Waals surface area contributed by atoms with Crippen LogP contribution in [0, 0.1) is 0 Å². The third kappa shape index (κ3) is 3.29. The molecule has 0 saturated heterocycles. The van der Waals surface area contributed by atoms with Crippen molar-refractivity contribution in [2.75, 3.05) is 0 Å². The van der Waals surface area contributed by atoms with Gasteiger partial charge in [0.05, 0.1) is 0 Å². The van der Waals surface area contributed by atoms with Gasteiger partial charge < -0.3 is 0 Å². The minimum absolute atomic E-state index is 0. The minimum atomic E-state index is -4.95. The molecule has 1 rings (SSSR count). The second-order valence-corrected chi connectivity index (χ2v) is 4.66. The molecule has 0 heterocycles. The third-order valence-electron chi connectivity index (χ3n) is 1.03. The summed E-state index contributed by atoms with van der Waals surface area (Å²) in [6, 6.07) is 7.30. The van der Waals surface area contributed by atoms with Crippen LogP contribution in [-0.2, 0) is 30.0 Å². The molecule has 1 aromatic carbocycles. The minimum Gasteiger partial charge on any atom is 1.00 e. The maximum Gasteiger partial charge on any atom is 1.00 e. The Balaban J connectivity index is 0.000001000. The van der Waals surface area contributed by atoms with Crippen molar-refractivity contribution in [3.63, 3.8) is 0 Å². The molecule has 0 aliphatic heterocycles. The van der Waals surface area contributed by atoms with Crippen LogP contribution in [-0.4, -0.2) is 13.0 Å². The van der Waals surface area contributed by atoms with Gasteiger partial charge in [0.2, 0.25) is 0 Å². The normalized spacial score (nSPS) is 10.3. The van der Waals surface area contributed by atoms with Crippen molar-refractivity contribution in [3.05, 3.63) is 30.3 Å². The van der Waals surface area contributed by atoms with Gasteiger partial charge in [-0.25, -0.2) is 0 Å². The van der Waals surface area contributed by atoms with Crippen LogP contribution in [0.5, 0.6) is 0 Å². The van der Waals surface area contributed by atoms with E-state index in [1.807, 2.05) is 0 Å². The first-order valence-corrected chi connectivity index (χ1v) is 5.57. The van der Waals surface area contributed by atoms with Gasteiger partial charge >= 0.3 is 82.1 Å². The molecule has 11 heavy (non-hydrogen) atoms. The molecule has 3 nitrogen and oxygen atoms in total. The molecule has 0 spiro atoms. The van der Waals surface area contributed by atoms with Crippen LogP contribution in [0.15, 0.2) is 30.3 Å². The first kappa shape index (κ1) is 11.0. The van der Waals surface area contributed by atoms with Crippen LogP contribution in [0.2, 0.25) is 0 Å². The number of hydrogen-bond acceptors (Lipinski definition) is 3. The van der Waals surface area contributed by atoms with Gasteiger partial charge in [0, 0.05) is 0 Å². The molecule has 0 unspecified atom stereocenters. The quantitative estimate of drug-likeness (QED) is 0.629. The van der Waals surface area contributed by atoms with E-state index in [4.69, 9.17) is 0 Å². The summed E-state index contributed by atoms with van der Waals surface area (Å²) in [5, 5.41) is 0. The maximum atomic E-state index is 10.4. The number of benzene rings is 1. The molecule has 0 radical (unpaired) electrons. The summed E-state index contributed by atoms with van der Waals surface area (Å²) < 4.78 is 30.9. The van der Waals surface area contributed by atoms with Gasteiger partial charge in [0.15, 0.2) is 0 Å². The van der Waals surface area contributed by atoms with E-state index in [1.165, 1.54) is 24.3 Å². The van der Waals surface area contributed by atoms with Crippen molar-refractivity contribution in [1.29, 1.82) is 0 Å². The largest absolute Gasteiger partial charge is 1.00 e. The molecule has 0 atom stereocenters. The SMILES string of the molecule is O=[Se](=O)([O-])c1ccccc1.[Ag+]. The topological polar surface area (TPSA) is 57.2 Å². The zero-order valence-corrected chi connectivity index (χ0v) is 8.52. The first-order chi connectivity index (χ1) is 4.61. The van der Waals surface area contributed by atoms with E-state index >= 15 is 0 Å². The van der Waals surface area contributed by atoms with E-state index in [0.717, 1.165) is 0 Å². The Bertz CT molecular complexity index is 306. The van der Waals surface area contributed by atoms with Crippen LogP contribution in [0.3, 0.4) is 0 Å². The van der Waals surface area contributed by atoms with Crippen LogP contribution < -0.4 is 8.65 Å². The molecule has 0 aromatic heterocycles. The Labute approximate surface area is 81.9 Å². The molecule has 1 aromatic rings. The smallest absolute Gasteiger partial charge is 1.00 e. The van der Waals surface area contributed by atoms with Crippen molar-refractivity contribution in [2.45, 2.75) is 0 Å². The molecule has 0 N–H and O–H groups in total. The summed E-state index contributed by atoms with van der Waals surface area (Å²) in [5.74, 6) is 0. The number of hydrogen-bond donors (Lipinski definition) is 0. The molecule has 0 saturated carbocycles. The third-order valence-corrected chi connectivity index (χ3v) is 2.81. The summed E-state index contributed by atoms with van der Waals surface area (Å²) in [4.78, 5) is 0. The Morgan fingerprint density at radius 2 is 1.55 bits per heavy atom. The first-order valence-electron chi connectivity index (χ1n) is 2.61. The van der Waals surface area contributed by atoms with Gasteiger partial charge in [-0.2, -0.15) is 0 Å². The Kier molecular flexibility index (Phi) is 4.18. The van der Waals surface area contributed by atoms with Gasteiger partial charge in [-0.05, 0) is 0 Å². The zero-order valence-electron chi connectivity index (χ0n) is 5.32. The molecular weight excluding hydrogens is 307 g/mol. The standard InChI is InChI=1S/C6H6O3Se.Ag/c7-10(8,9)6-4-2-1-3-5-6;/h1-5H,(H,7,8,9);/q;+1/p-1. The van der Waals surface area contributed by atoms with Crippen LogP contribution in [0.25, 0.3) is 0 Å². The van der Waals surface area contributed by atoms with E-state index in [0.29, 0.717) is 0 Å². The van der Waals surface area contributed by atoms with E-state index in [1.54, 1.807) is 6.07 Å². The van der Waals surface area contributed by atoms with Crippen LogP contribution in [0.1, 0.15) is 0 Å². The predicted octanol–water partition coefficient (Wildman–Crippen LogP) is -0.949. The fourth-order valence-corrected chi connectivity index (χ4v) is 1.62. The average molecular weight is 312 g/mol. The van der Waals surface area contributed by atoms with Crippen molar-refractivity contribution >= 4 is 17.5 Å². The van der Waals surface area contributed by atoms with Gasteiger partial charge in [-0.3, -0.25) is 0 Å². The van der Waals surface area contributed by atoms with Gasteiger partial charge in [0.25, 0.3) is 0 Å². The fourth-order valence-electron chi connectivity index (χ4n) is 0.587. The second-order valence-electron chi connectivity index (χ2n) is 1.77. The molecule has 0 fully saturated rings. The van der Waals surface area contributed by atoms with Crippen LogP contribution >= 0.6 is 0 Å². The summed E-state index contributed by atoms with van der Waals surface area (Å²) in [5.41, 5.74) is 0. The van der Waals surface area contributed by atoms with Crippen molar-refractivity contribution in [3.8, 4) is 0 Å². The monoisotopic (exact) mass is 312 g/mol. The molecule has 0 amide bonds. The predicted molar refractivity (Wildman–Crippen MR) is 33.2 cm³/mol. The fraction of sp³-hybridized carbons (Fsp3) is 0. The maximum absolute atomic E-state index is 10.4. The molecular formula is C6H5AgO3Se. The molecule has 0 bridgehead atoms. The summed E-state index contributed by atoms with van der Waals surface area (Å²) >= 11 is -4.95. The second kappa shape index (κ2) is 4.16. The Hall–Kier alpha value is 0.0397. The van der Waals surface area contributed by atoms with Gasteiger partial charge in [-0.1, -0.05) is 0 Å². The van der Waals surface area contributed by atoms with Crippen molar-refractivity contribution in [2.24, 2.45) is 0 Å². The molecule has 0 aliphatic carbocycles. The Morgan fingerprint density at radius 1 is 1.09 bits per heavy atom. The molecule has 64 valence electrons. The van der Waals surface area contributed by atoms with Crippen LogP contribution in [0.4, 0.5) is 0 Å². The average Bonchev–Trinajstić information content (AvgIpc) is 1.88. The molecule has 5 heteroatoms. The van der Waals surface area contributed by atoms with Crippen molar-refractivity contribution < 1.29 is 34.2 Å². The van der Waals surface area contributed by atoms with E-state index in [9.17, 15) is 11.9 Å². The van der Waals surface area contributed by atoms with E-state index < -0.39 is 13.0 Å². The number of rotatable bonds is 1. The van der Waals surface area contributed by atoms with Crippen molar-refractivity contribution in [1.82, 2.24) is 0 Å². The summed E-state index contributed by atoms with van der Waals surface area (Å²) in [7, 11) is 0.